The molecule has 0 saturated carbocycles. The summed E-state index contributed by atoms with van der Waals surface area (Å²) in [5.74, 6) is 0.517. The van der Waals surface area contributed by atoms with Crippen LogP contribution in [-0.2, 0) is 0 Å². The molecule has 7 nitrogen and oxygen atoms in total. The first-order valence-corrected chi connectivity index (χ1v) is 10.4. The Hall–Kier alpha value is -3.35. The van der Waals surface area contributed by atoms with Crippen LogP contribution in [0.15, 0.2) is 30.5 Å². The normalized spacial score (nSPS) is 16.0. The van der Waals surface area contributed by atoms with Crippen LogP contribution in [0.25, 0.3) is 27.7 Å². The number of aliphatic hydroxyl groups is 1. The average Bonchev–Trinajstić information content (AvgIpc) is 3.11. The van der Waals surface area contributed by atoms with Gasteiger partial charge >= 0.3 is 0 Å². The first-order chi connectivity index (χ1) is 15.4. The van der Waals surface area contributed by atoms with Crippen molar-refractivity contribution < 1.29 is 13.9 Å². The molecule has 1 aromatic carbocycles. The molecule has 0 spiro atoms. The Bertz CT molecular complexity index is 1410. The summed E-state index contributed by atoms with van der Waals surface area (Å²) in [6.45, 7) is 2.28. The molecule has 0 radical (unpaired) electrons. The van der Waals surface area contributed by atoms with Crippen molar-refractivity contribution in [2.75, 3.05) is 18.1 Å². The highest BCUT2D eigenvalue weighted by Crippen LogP contribution is 2.41. The molecule has 5 rings (SSSR count). The molecule has 4 aromatic rings. The molecule has 1 aliphatic heterocycles. The quantitative estimate of drug-likeness (QED) is 0.495. The molecule has 1 fully saturated rings. The van der Waals surface area contributed by atoms with Crippen LogP contribution in [0, 0.1) is 18.3 Å². The summed E-state index contributed by atoms with van der Waals surface area (Å²) in [4.78, 5) is 10.8. The number of nitriles is 1. The van der Waals surface area contributed by atoms with E-state index in [4.69, 9.17) is 11.6 Å². The minimum atomic E-state index is -2.92. The molecule has 4 heterocycles. The van der Waals surface area contributed by atoms with Gasteiger partial charge < -0.3 is 10.0 Å². The van der Waals surface area contributed by atoms with Crippen molar-refractivity contribution in [3.63, 3.8) is 0 Å². The van der Waals surface area contributed by atoms with Gasteiger partial charge in [0.05, 0.1) is 23.9 Å². The van der Waals surface area contributed by atoms with E-state index in [-0.39, 0.29) is 23.9 Å². The zero-order valence-electron chi connectivity index (χ0n) is 16.9. The Morgan fingerprint density at radius 2 is 2.16 bits per heavy atom. The van der Waals surface area contributed by atoms with E-state index in [1.807, 2.05) is 23.1 Å². The molecule has 3 aromatic heterocycles. The summed E-state index contributed by atoms with van der Waals surface area (Å²) in [5.41, 5.74) is 1.91. The third-order valence-electron chi connectivity index (χ3n) is 5.87. The third-order valence-corrected chi connectivity index (χ3v) is 6.10. The van der Waals surface area contributed by atoms with Crippen LogP contribution in [0.5, 0.6) is 0 Å². The van der Waals surface area contributed by atoms with Gasteiger partial charge in [0.1, 0.15) is 23.1 Å². The molecule has 0 aliphatic carbocycles. The Morgan fingerprint density at radius 3 is 2.81 bits per heavy atom. The fourth-order valence-electron chi connectivity index (χ4n) is 4.25. The number of aliphatic hydroxyl groups excluding tert-OH is 1. The summed E-state index contributed by atoms with van der Waals surface area (Å²) in [6, 6.07) is 8.82. The molecular formula is C22H17ClF2N6O. The van der Waals surface area contributed by atoms with E-state index in [9.17, 15) is 19.1 Å². The predicted octanol–water partition coefficient (Wildman–Crippen LogP) is 4.29. The first-order valence-electron chi connectivity index (χ1n) is 9.98. The van der Waals surface area contributed by atoms with Crippen LogP contribution in [0.4, 0.5) is 14.6 Å². The van der Waals surface area contributed by atoms with Crippen molar-refractivity contribution in [2.45, 2.75) is 25.8 Å². The van der Waals surface area contributed by atoms with Gasteiger partial charge in [0.15, 0.2) is 5.65 Å². The molecular weight excluding hydrogens is 438 g/mol. The first kappa shape index (κ1) is 20.5. The van der Waals surface area contributed by atoms with Crippen molar-refractivity contribution in [3.8, 4) is 17.2 Å². The van der Waals surface area contributed by atoms with Gasteiger partial charge in [0.2, 0.25) is 0 Å². The third kappa shape index (κ3) is 2.98. The zero-order chi connectivity index (χ0) is 22.6. The highest BCUT2D eigenvalue weighted by molar-refractivity contribution is 6.31. The number of pyridine rings is 1. The molecule has 162 valence electrons. The number of benzene rings is 1. The molecule has 0 bridgehead atoms. The van der Waals surface area contributed by atoms with Gasteiger partial charge in [0.25, 0.3) is 6.43 Å². The summed E-state index contributed by atoms with van der Waals surface area (Å²) in [6.07, 6.45) is -0.522. The van der Waals surface area contributed by atoms with Gasteiger partial charge in [-0.1, -0.05) is 17.7 Å². The van der Waals surface area contributed by atoms with Crippen molar-refractivity contribution in [1.29, 1.82) is 5.26 Å². The molecule has 0 amide bonds. The van der Waals surface area contributed by atoms with Crippen LogP contribution in [0.1, 0.15) is 29.8 Å². The minimum absolute atomic E-state index is 0.0732. The van der Waals surface area contributed by atoms with E-state index in [2.05, 4.69) is 15.1 Å². The van der Waals surface area contributed by atoms with Crippen LogP contribution in [0.2, 0.25) is 5.02 Å². The Balaban J connectivity index is 1.90. The Kier molecular flexibility index (Phi) is 4.92. The second-order valence-corrected chi connectivity index (χ2v) is 8.08. The molecule has 1 aliphatic rings. The maximum Gasteiger partial charge on any atom is 0.283 e. The van der Waals surface area contributed by atoms with Crippen molar-refractivity contribution >= 4 is 34.0 Å². The van der Waals surface area contributed by atoms with Crippen molar-refractivity contribution in [3.05, 3.63) is 52.4 Å². The number of nitrogens with zero attached hydrogens (tertiary/aromatic N) is 6. The topological polar surface area (TPSA) is 90.3 Å². The number of hydrogen-bond donors (Lipinski definition) is 1. The second kappa shape index (κ2) is 7.65. The Labute approximate surface area is 186 Å². The van der Waals surface area contributed by atoms with Crippen LogP contribution < -0.4 is 4.90 Å². The molecule has 0 unspecified atom stereocenters. The van der Waals surface area contributed by atoms with Gasteiger partial charge in [-0.15, -0.1) is 0 Å². The van der Waals surface area contributed by atoms with Crippen LogP contribution in [0.3, 0.4) is 0 Å². The number of hydrogen-bond acceptors (Lipinski definition) is 6. The molecule has 10 heteroatoms. The zero-order valence-corrected chi connectivity index (χ0v) is 17.7. The molecule has 1 atom stereocenters. The average molecular weight is 455 g/mol. The summed E-state index contributed by atoms with van der Waals surface area (Å²) in [7, 11) is 0. The molecule has 32 heavy (non-hydrogen) atoms. The van der Waals surface area contributed by atoms with E-state index < -0.39 is 12.1 Å². The van der Waals surface area contributed by atoms with Crippen molar-refractivity contribution in [2.24, 2.45) is 0 Å². The smallest absolute Gasteiger partial charge is 0.283 e. The highest BCUT2D eigenvalue weighted by Gasteiger charge is 2.35. The number of aryl methyl sites for hydroxylation is 1. The van der Waals surface area contributed by atoms with Gasteiger partial charge in [-0.05, 0) is 37.1 Å². The summed E-state index contributed by atoms with van der Waals surface area (Å²) >= 11 is 6.14. The lowest BCUT2D eigenvalue weighted by atomic mass is 9.96. The number of halogens is 3. The van der Waals surface area contributed by atoms with Gasteiger partial charge in [-0.3, -0.25) is 4.98 Å². The molecule has 1 saturated heterocycles. The Morgan fingerprint density at radius 1 is 1.34 bits per heavy atom. The number of rotatable bonds is 4. The largest absolute Gasteiger partial charge is 0.394 e. The van der Waals surface area contributed by atoms with E-state index >= 15 is 0 Å². The van der Waals surface area contributed by atoms with E-state index in [1.165, 1.54) is 4.52 Å². The second-order valence-electron chi connectivity index (χ2n) is 7.64. The van der Waals surface area contributed by atoms with Gasteiger partial charge in [-0.2, -0.15) is 14.9 Å². The molecule has 1 N–H and O–H groups in total. The van der Waals surface area contributed by atoms with Gasteiger partial charge in [0, 0.05) is 28.7 Å². The fourth-order valence-corrected chi connectivity index (χ4v) is 4.41. The standard InChI is InChI=1S/C22H17ClF2N6O/c1-11-18(15-4-6-27-17-8-12(23)2-3-14(15)17)22(30-7-5-13(30)10-32)31-21(28-11)16(9-26)19(29-31)20(24)25/h2-4,6,8,13,20,32H,5,7,10H2,1H3/t13-/m1/s1. The van der Waals surface area contributed by atoms with Gasteiger partial charge in [-0.25, -0.2) is 13.8 Å². The predicted molar refractivity (Wildman–Crippen MR) is 116 cm³/mol. The fraction of sp³-hybridized carbons (Fsp3) is 0.273. The minimum Gasteiger partial charge on any atom is -0.394 e. The SMILES string of the molecule is Cc1nc2c(C#N)c(C(F)F)nn2c(N2CC[C@@H]2CO)c1-c1ccnc2cc(Cl)ccc12. The summed E-state index contributed by atoms with van der Waals surface area (Å²) < 4.78 is 28.6. The number of fused-ring (bicyclic) bond motifs is 2. The maximum absolute atomic E-state index is 13.7. The lowest BCUT2D eigenvalue weighted by molar-refractivity contribution is 0.145. The summed E-state index contributed by atoms with van der Waals surface area (Å²) in [5, 5.41) is 24.8. The lowest BCUT2D eigenvalue weighted by Gasteiger charge is -2.42. The van der Waals surface area contributed by atoms with Crippen LogP contribution in [-0.4, -0.2) is 43.9 Å². The maximum atomic E-state index is 13.7. The van der Waals surface area contributed by atoms with Crippen molar-refractivity contribution in [1.82, 2.24) is 19.6 Å². The highest BCUT2D eigenvalue weighted by atomic mass is 35.5. The number of alkyl halides is 2. The monoisotopic (exact) mass is 454 g/mol. The lowest BCUT2D eigenvalue weighted by Crippen LogP contribution is -2.51. The number of anilines is 1. The van der Waals surface area contributed by atoms with E-state index in [0.717, 1.165) is 17.4 Å². The number of aromatic nitrogens is 4. The van der Waals surface area contributed by atoms with E-state index in [1.54, 1.807) is 25.3 Å². The van der Waals surface area contributed by atoms with Crippen LogP contribution >= 0.6 is 11.6 Å². The van der Waals surface area contributed by atoms with E-state index in [0.29, 0.717) is 34.2 Å².